The molecule has 2 unspecified atom stereocenters. The molecule has 0 amide bonds. The Kier molecular flexibility index (Phi) is 5.21. The molecule has 4 rings (SSSR count). The van der Waals surface area contributed by atoms with Gasteiger partial charge >= 0.3 is 11.6 Å². The van der Waals surface area contributed by atoms with E-state index in [1.54, 1.807) is 6.07 Å². The second-order valence-corrected chi connectivity index (χ2v) is 7.17. The van der Waals surface area contributed by atoms with E-state index in [0.29, 0.717) is 11.5 Å². The Hall–Kier alpha value is -3.34. The van der Waals surface area contributed by atoms with Gasteiger partial charge in [-0.15, -0.1) is 0 Å². The van der Waals surface area contributed by atoms with Gasteiger partial charge < -0.3 is 13.9 Å². The first-order valence-electron chi connectivity index (χ1n) is 9.51. The number of benzene rings is 2. The average molecular weight is 390 g/mol. The lowest BCUT2D eigenvalue weighted by Gasteiger charge is -2.50. The number of methoxy groups -OCH3 is 2. The van der Waals surface area contributed by atoms with Gasteiger partial charge in [0.05, 0.1) is 26.2 Å². The molecule has 1 heterocycles. The van der Waals surface area contributed by atoms with E-state index < -0.39 is 5.63 Å². The maximum Gasteiger partial charge on any atom is 0.339 e. The van der Waals surface area contributed by atoms with E-state index in [1.807, 2.05) is 60.7 Å². The van der Waals surface area contributed by atoms with Gasteiger partial charge in [-0.25, -0.2) is 4.79 Å². The van der Waals surface area contributed by atoms with Gasteiger partial charge in [-0.05, 0) is 11.1 Å². The van der Waals surface area contributed by atoms with E-state index in [1.165, 1.54) is 20.3 Å². The molecule has 0 spiro atoms. The predicted octanol–water partition coefficient (Wildman–Crippen LogP) is 4.10. The highest BCUT2D eigenvalue weighted by Crippen LogP contribution is 2.62. The van der Waals surface area contributed by atoms with Gasteiger partial charge in [0.25, 0.3) is 0 Å². The third-order valence-electron chi connectivity index (χ3n) is 5.72. The lowest BCUT2D eigenvalue weighted by molar-refractivity contribution is -0.152. The van der Waals surface area contributed by atoms with Crippen LogP contribution < -0.4 is 10.4 Å². The fourth-order valence-corrected chi connectivity index (χ4v) is 4.47. The van der Waals surface area contributed by atoms with Crippen LogP contribution in [0.1, 0.15) is 34.6 Å². The fraction of sp³-hybridized carbons (Fsp3) is 0.250. The Labute approximate surface area is 168 Å². The van der Waals surface area contributed by atoms with Crippen LogP contribution in [-0.2, 0) is 9.53 Å². The molecule has 0 saturated heterocycles. The number of ether oxygens (including phenoxy) is 2. The summed E-state index contributed by atoms with van der Waals surface area (Å²) >= 11 is 0. The van der Waals surface area contributed by atoms with Crippen molar-refractivity contribution in [2.75, 3.05) is 14.2 Å². The van der Waals surface area contributed by atoms with Crippen LogP contribution in [0, 0.1) is 5.92 Å². The summed E-state index contributed by atoms with van der Waals surface area (Å²) in [4.78, 5) is 24.9. The van der Waals surface area contributed by atoms with Crippen LogP contribution in [0.2, 0.25) is 0 Å². The van der Waals surface area contributed by atoms with E-state index in [-0.39, 0.29) is 29.6 Å². The molecule has 0 aliphatic heterocycles. The van der Waals surface area contributed by atoms with Crippen LogP contribution in [0.3, 0.4) is 0 Å². The Morgan fingerprint density at radius 3 is 1.86 bits per heavy atom. The largest absolute Gasteiger partial charge is 0.496 e. The number of carbonyl (C=O) groups is 1. The first-order chi connectivity index (χ1) is 14.1. The zero-order valence-corrected chi connectivity index (χ0v) is 16.3. The smallest absolute Gasteiger partial charge is 0.339 e. The van der Waals surface area contributed by atoms with Crippen LogP contribution in [0.5, 0.6) is 5.75 Å². The highest BCUT2D eigenvalue weighted by Gasteiger charge is 2.57. The Balaban J connectivity index is 1.88. The molecule has 148 valence electrons. The summed E-state index contributed by atoms with van der Waals surface area (Å²) in [5.41, 5.74) is 1.54. The zero-order valence-electron chi connectivity index (χ0n) is 16.3. The van der Waals surface area contributed by atoms with Crippen molar-refractivity contribution in [3.8, 4) is 5.75 Å². The molecule has 0 radical (unpaired) electrons. The lowest BCUT2D eigenvalue weighted by atomic mass is 9.52. The van der Waals surface area contributed by atoms with Gasteiger partial charge in [-0.2, -0.15) is 0 Å². The third-order valence-corrected chi connectivity index (χ3v) is 5.72. The minimum Gasteiger partial charge on any atom is -0.496 e. The fourth-order valence-electron chi connectivity index (χ4n) is 4.47. The van der Waals surface area contributed by atoms with Gasteiger partial charge in [0.15, 0.2) is 0 Å². The highest BCUT2D eigenvalue weighted by molar-refractivity contribution is 5.78. The molecule has 2 aromatic carbocycles. The van der Waals surface area contributed by atoms with E-state index in [2.05, 4.69) is 0 Å². The van der Waals surface area contributed by atoms with Crippen molar-refractivity contribution in [1.82, 2.24) is 0 Å². The second-order valence-electron chi connectivity index (χ2n) is 7.17. The Bertz CT molecular complexity index is 994. The van der Waals surface area contributed by atoms with E-state index in [0.717, 1.165) is 11.1 Å². The van der Waals surface area contributed by atoms with Crippen molar-refractivity contribution >= 4 is 5.97 Å². The van der Waals surface area contributed by atoms with Crippen molar-refractivity contribution < 1.29 is 18.7 Å². The van der Waals surface area contributed by atoms with Crippen molar-refractivity contribution in [2.24, 2.45) is 5.92 Å². The lowest BCUT2D eigenvalue weighted by Crippen LogP contribution is -2.46. The molecule has 0 N–H and O–H groups in total. The maximum absolute atomic E-state index is 12.8. The number of rotatable bonds is 5. The SMILES string of the molecule is COC(=O)C1C(c2ccccc2)C(c2cc(OC)cc(=O)o2)C1c1ccccc1. The molecule has 5 heteroatoms. The van der Waals surface area contributed by atoms with Gasteiger partial charge in [-0.1, -0.05) is 60.7 Å². The van der Waals surface area contributed by atoms with E-state index >= 15 is 0 Å². The third kappa shape index (κ3) is 3.44. The summed E-state index contributed by atoms with van der Waals surface area (Å²) in [7, 11) is 2.92. The van der Waals surface area contributed by atoms with Crippen LogP contribution in [-0.4, -0.2) is 20.2 Å². The normalized spacial score (nSPS) is 23.1. The summed E-state index contributed by atoms with van der Waals surface area (Å²) in [5, 5.41) is 0. The van der Waals surface area contributed by atoms with Gasteiger partial charge in [0.2, 0.25) is 0 Å². The first kappa shape index (κ1) is 19.0. The monoisotopic (exact) mass is 390 g/mol. The summed E-state index contributed by atoms with van der Waals surface area (Å²) < 4.78 is 16.0. The Morgan fingerprint density at radius 2 is 1.38 bits per heavy atom. The van der Waals surface area contributed by atoms with E-state index in [9.17, 15) is 9.59 Å². The van der Waals surface area contributed by atoms with Crippen LogP contribution >= 0.6 is 0 Å². The molecular weight excluding hydrogens is 368 g/mol. The molecule has 1 aromatic heterocycles. The maximum atomic E-state index is 12.8. The van der Waals surface area contributed by atoms with Gasteiger partial charge in [0, 0.05) is 23.8 Å². The van der Waals surface area contributed by atoms with Crippen LogP contribution in [0.25, 0.3) is 0 Å². The quantitative estimate of drug-likeness (QED) is 0.614. The highest BCUT2D eigenvalue weighted by atomic mass is 16.5. The molecular formula is C24H22O5. The predicted molar refractivity (Wildman–Crippen MR) is 108 cm³/mol. The van der Waals surface area contributed by atoms with Gasteiger partial charge in [0.1, 0.15) is 11.5 Å². The molecule has 1 fully saturated rings. The molecule has 3 aromatic rings. The minimum absolute atomic E-state index is 0.177. The number of hydrogen-bond donors (Lipinski definition) is 0. The van der Waals surface area contributed by atoms with Crippen molar-refractivity contribution in [3.05, 3.63) is 100 Å². The second kappa shape index (κ2) is 7.95. The number of hydrogen-bond acceptors (Lipinski definition) is 5. The standard InChI is InChI=1S/C24H22O5/c1-27-17-13-18(29-19(25)14-17)22-20(15-9-5-3-6-10-15)23(24(26)28-2)21(22)16-11-7-4-8-12-16/h3-14,20-23H,1-2H3. The van der Waals surface area contributed by atoms with Crippen molar-refractivity contribution in [1.29, 1.82) is 0 Å². The molecule has 29 heavy (non-hydrogen) atoms. The Morgan fingerprint density at radius 1 is 0.828 bits per heavy atom. The minimum atomic E-state index is -0.473. The number of carbonyl (C=O) groups excluding carboxylic acids is 1. The summed E-state index contributed by atoms with van der Waals surface area (Å²) in [6.07, 6.45) is 0. The van der Waals surface area contributed by atoms with Crippen molar-refractivity contribution in [3.63, 3.8) is 0 Å². The average Bonchev–Trinajstić information content (AvgIpc) is 2.74. The summed E-state index contributed by atoms with van der Waals surface area (Å²) in [6.45, 7) is 0. The first-order valence-corrected chi connectivity index (χ1v) is 9.51. The van der Waals surface area contributed by atoms with Crippen LogP contribution in [0.4, 0.5) is 0 Å². The van der Waals surface area contributed by atoms with Crippen molar-refractivity contribution in [2.45, 2.75) is 17.8 Å². The zero-order chi connectivity index (χ0) is 20.4. The topological polar surface area (TPSA) is 65.7 Å². The molecule has 5 nitrogen and oxygen atoms in total. The summed E-state index contributed by atoms with van der Waals surface area (Å²) in [6, 6.07) is 22.7. The molecule has 1 aliphatic carbocycles. The van der Waals surface area contributed by atoms with Gasteiger partial charge in [-0.3, -0.25) is 4.79 Å². The molecule has 0 bridgehead atoms. The molecule has 1 aliphatic rings. The number of esters is 1. The molecule has 2 atom stereocenters. The van der Waals surface area contributed by atoms with E-state index in [4.69, 9.17) is 13.9 Å². The molecule has 1 saturated carbocycles. The summed E-state index contributed by atoms with van der Waals surface area (Å²) in [5.74, 6) is -0.256. The van der Waals surface area contributed by atoms with Crippen LogP contribution in [0.15, 0.2) is 82.0 Å².